The number of hydrogen-bond donors (Lipinski definition) is 1. The molecule has 21 heavy (non-hydrogen) atoms. The first-order chi connectivity index (χ1) is 10.0. The second kappa shape index (κ2) is 5.17. The summed E-state index contributed by atoms with van der Waals surface area (Å²) in [7, 11) is 0. The van der Waals surface area contributed by atoms with E-state index in [1.165, 1.54) is 23.5 Å². The van der Waals surface area contributed by atoms with Crippen LogP contribution in [0.1, 0.15) is 5.82 Å². The van der Waals surface area contributed by atoms with Gasteiger partial charge >= 0.3 is 0 Å². The summed E-state index contributed by atoms with van der Waals surface area (Å²) in [4.78, 5) is 12.5. The van der Waals surface area contributed by atoms with E-state index in [1.54, 1.807) is 18.5 Å². The molecule has 2 aromatic heterocycles. The van der Waals surface area contributed by atoms with E-state index in [0.717, 1.165) is 6.07 Å². The predicted octanol–water partition coefficient (Wildman–Crippen LogP) is 3.44. The molecule has 0 radical (unpaired) electrons. The van der Waals surface area contributed by atoms with Crippen molar-refractivity contribution in [3.05, 3.63) is 47.2 Å². The van der Waals surface area contributed by atoms with Gasteiger partial charge in [-0.3, -0.25) is 0 Å². The number of nitrogen functional groups attached to an aromatic ring is 1. The van der Waals surface area contributed by atoms with Crippen molar-refractivity contribution in [2.45, 2.75) is 6.92 Å². The molecule has 106 valence electrons. The Morgan fingerprint density at radius 3 is 2.67 bits per heavy atom. The number of hydrogen-bond acceptors (Lipinski definition) is 5. The van der Waals surface area contributed by atoms with E-state index in [1.807, 2.05) is 0 Å². The second-order valence-electron chi connectivity index (χ2n) is 4.38. The Morgan fingerprint density at radius 2 is 1.95 bits per heavy atom. The molecular formula is C14H10F2N4S. The van der Waals surface area contributed by atoms with Gasteiger partial charge in [0, 0.05) is 23.2 Å². The molecule has 7 heteroatoms. The van der Waals surface area contributed by atoms with E-state index in [9.17, 15) is 8.78 Å². The molecule has 3 rings (SSSR count). The van der Waals surface area contributed by atoms with Gasteiger partial charge in [-0.15, -0.1) is 11.3 Å². The molecule has 0 saturated heterocycles. The Kier molecular flexibility index (Phi) is 3.34. The fourth-order valence-corrected chi connectivity index (χ4v) is 2.71. The molecule has 2 N–H and O–H groups in total. The Balaban J connectivity index is 2.03. The topological polar surface area (TPSA) is 64.7 Å². The summed E-state index contributed by atoms with van der Waals surface area (Å²) in [5.74, 6) is -0.386. The van der Waals surface area contributed by atoms with E-state index < -0.39 is 11.6 Å². The van der Waals surface area contributed by atoms with Crippen LogP contribution in [0.25, 0.3) is 21.8 Å². The molecule has 0 aliphatic heterocycles. The van der Waals surface area contributed by atoms with Crippen LogP contribution in [0.5, 0.6) is 0 Å². The van der Waals surface area contributed by atoms with Gasteiger partial charge < -0.3 is 5.73 Å². The van der Waals surface area contributed by atoms with E-state index in [-0.39, 0.29) is 5.56 Å². The SMILES string of the molecule is Cc1ncc(-c2nc(-c3ccc(F)cc3F)cs2)c(N)n1. The quantitative estimate of drug-likeness (QED) is 0.787. The molecule has 0 spiro atoms. The Hall–Kier alpha value is -2.41. The first-order valence-corrected chi connectivity index (χ1v) is 6.93. The van der Waals surface area contributed by atoms with Gasteiger partial charge in [-0.1, -0.05) is 0 Å². The van der Waals surface area contributed by atoms with Gasteiger partial charge in [-0.2, -0.15) is 0 Å². The highest BCUT2D eigenvalue weighted by atomic mass is 32.1. The number of thiazole rings is 1. The highest BCUT2D eigenvalue weighted by Gasteiger charge is 2.13. The number of aryl methyl sites for hydroxylation is 1. The smallest absolute Gasteiger partial charge is 0.137 e. The molecule has 2 heterocycles. The molecular weight excluding hydrogens is 294 g/mol. The lowest BCUT2D eigenvalue weighted by atomic mass is 10.1. The van der Waals surface area contributed by atoms with E-state index in [0.29, 0.717) is 27.9 Å². The molecule has 0 amide bonds. The number of aromatic nitrogens is 3. The summed E-state index contributed by atoms with van der Waals surface area (Å²) in [6.07, 6.45) is 1.58. The van der Waals surface area contributed by atoms with Crippen molar-refractivity contribution in [1.29, 1.82) is 0 Å². The van der Waals surface area contributed by atoms with Gasteiger partial charge in [0.1, 0.15) is 28.3 Å². The highest BCUT2D eigenvalue weighted by molar-refractivity contribution is 7.13. The number of rotatable bonds is 2. The fourth-order valence-electron chi connectivity index (χ4n) is 1.87. The predicted molar refractivity (Wildman–Crippen MR) is 77.6 cm³/mol. The average molecular weight is 304 g/mol. The third-order valence-corrected chi connectivity index (χ3v) is 3.76. The molecule has 0 unspecified atom stereocenters. The van der Waals surface area contributed by atoms with Crippen LogP contribution in [0.2, 0.25) is 0 Å². The van der Waals surface area contributed by atoms with E-state index in [2.05, 4.69) is 15.0 Å². The Labute approximate surface area is 123 Å². The van der Waals surface area contributed by atoms with E-state index in [4.69, 9.17) is 5.73 Å². The highest BCUT2D eigenvalue weighted by Crippen LogP contribution is 2.32. The van der Waals surface area contributed by atoms with Crippen molar-refractivity contribution in [2.24, 2.45) is 0 Å². The maximum atomic E-state index is 13.8. The standard InChI is InChI=1S/C14H10F2N4S/c1-7-18-5-10(13(17)19-7)14-20-12(6-21-14)9-3-2-8(15)4-11(9)16/h2-6H,1H3,(H2,17,18,19). The number of anilines is 1. The molecule has 0 saturated carbocycles. The first kappa shape index (κ1) is 13.6. The molecule has 0 aliphatic carbocycles. The lowest BCUT2D eigenvalue weighted by Crippen LogP contribution is -1.98. The fraction of sp³-hybridized carbons (Fsp3) is 0.0714. The van der Waals surface area contributed by atoms with Crippen LogP contribution < -0.4 is 5.73 Å². The second-order valence-corrected chi connectivity index (χ2v) is 5.24. The monoisotopic (exact) mass is 304 g/mol. The molecule has 0 atom stereocenters. The van der Waals surface area contributed by atoms with Gasteiger partial charge in [-0.05, 0) is 19.1 Å². The Bertz CT molecular complexity index is 750. The summed E-state index contributed by atoms with van der Waals surface area (Å²) in [5.41, 5.74) is 7.10. The average Bonchev–Trinajstić information content (AvgIpc) is 2.87. The molecule has 3 aromatic rings. The van der Waals surface area contributed by atoms with Crippen LogP contribution >= 0.6 is 11.3 Å². The van der Waals surface area contributed by atoms with Gasteiger partial charge in [-0.25, -0.2) is 23.7 Å². The van der Waals surface area contributed by atoms with Gasteiger partial charge in [0.15, 0.2) is 0 Å². The third kappa shape index (κ3) is 2.59. The van der Waals surface area contributed by atoms with Crippen LogP contribution in [-0.2, 0) is 0 Å². The van der Waals surface area contributed by atoms with Crippen molar-refractivity contribution in [1.82, 2.24) is 15.0 Å². The van der Waals surface area contributed by atoms with Crippen molar-refractivity contribution in [3.63, 3.8) is 0 Å². The zero-order chi connectivity index (χ0) is 15.0. The largest absolute Gasteiger partial charge is 0.383 e. The zero-order valence-electron chi connectivity index (χ0n) is 11.0. The number of nitrogens with zero attached hydrogens (tertiary/aromatic N) is 3. The maximum absolute atomic E-state index is 13.8. The molecule has 0 aliphatic rings. The van der Waals surface area contributed by atoms with Gasteiger partial charge in [0.05, 0.1) is 11.3 Å². The van der Waals surface area contributed by atoms with Crippen LogP contribution in [0.4, 0.5) is 14.6 Å². The number of halogens is 2. The van der Waals surface area contributed by atoms with Crippen molar-refractivity contribution in [2.75, 3.05) is 5.73 Å². The summed E-state index contributed by atoms with van der Waals surface area (Å²) in [6, 6.07) is 3.39. The molecule has 4 nitrogen and oxygen atoms in total. The normalized spacial score (nSPS) is 10.8. The molecule has 0 fully saturated rings. The van der Waals surface area contributed by atoms with Crippen LogP contribution in [-0.4, -0.2) is 15.0 Å². The van der Waals surface area contributed by atoms with Crippen molar-refractivity contribution in [3.8, 4) is 21.8 Å². The summed E-state index contributed by atoms with van der Waals surface area (Å²) < 4.78 is 26.7. The number of nitrogens with two attached hydrogens (primary N) is 1. The minimum atomic E-state index is -0.653. The third-order valence-electron chi connectivity index (χ3n) is 2.88. The lowest BCUT2D eigenvalue weighted by molar-refractivity contribution is 0.585. The van der Waals surface area contributed by atoms with Crippen molar-refractivity contribution >= 4 is 17.2 Å². The van der Waals surface area contributed by atoms with Gasteiger partial charge in [0.2, 0.25) is 0 Å². The number of benzene rings is 1. The van der Waals surface area contributed by atoms with Crippen LogP contribution in [0.15, 0.2) is 29.8 Å². The summed E-state index contributed by atoms with van der Waals surface area (Å²) in [6.45, 7) is 1.74. The van der Waals surface area contributed by atoms with Crippen molar-refractivity contribution < 1.29 is 8.78 Å². The van der Waals surface area contributed by atoms with Gasteiger partial charge in [0.25, 0.3) is 0 Å². The molecule has 1 aromatic carbocycles. The maximum Gasteiger partial charge on any atom is 0.137 e. The van der Waals surface area contributed by atoms with E-state index >= 15 is 0 Å². The van der Waals surface area contributed by atoms with Crippen LogP contribution in [0, 0.1) is 18.6 Å². The molecule has 0 bridgehead atoms. The zero-order valence-corrected chi connectivity index (χ0v) is 11.8. The minimum absolute atomic E-state index is 0.241. The lowest BCUT2D eigenvalue weighted by Gasteiger charge is -2.01. The van der Waals surface area contributed by atoms with Crippen LogP contribution in [0.3, 0.4) is 0 Å². The minimum Gasteiger partial charge on any atom is -0.383 e. The summed E-state index contributed by atoms with van der Waals surface area (Å²) in [5, 5.41) is 2.27. The summed E-state index contributed by atoms with van der Waals surface area (Å²) >= 11 is 1.30. The first-order valence-electron chi connectivity index (χ1n) is 6.05. The Morgan fingerprint density at radius 1 is 1.14 bits per heavy atom.